The maximum atomic E-state index is 5.19. The van der Waals surface area contributed by atoms with Gasteiger partial charge in [-0.25, -0.2) is 15.0 Å². The fourth-order valence-electron chi connectivity index (χ4n) is 7.19. The first-order valence-corrected chi connectivity index (χ1v) is 16.1. The lowest BCUT2D eigenvalue weighted by Crippen LogP contribution is -2.04. The lowest BCUT2D eigenvalue weighted by molar-refractivity contribution is 0.998. The van der Waals surface area contributed by atoms with E-state index in [1.165, 1.54) is 21.8 Å². The van der Waals surface area contributed by atoms with E-state index < -0.39 is 0 Å². The molecule has 5 heteroatoms. The van der Waals surface area contributed by atoms with Crippen molar-refractivity contribution in [3.05, 3.63) is 164 Å². The first kappa shape index (κ1) is 26.6. The number of hydrogen-bond donors (Lipinski definition) is 0. The summed E-state index contributed by atoms with van der Waals surface area (Å²) in [5.74, 6) is 0.606. The van der Waals surface area contributed by atoms with E-state index in [1.807, 2.05) is 36.5 Å². The van der Waals surface area contributed by atoms with Crippen LogP contribution in [0.4, 0.5) is 0 Å². The highest BCUT2D eigenvalue weighted by atomic mass is 15.2. The summed E-state index contributed by atoms with van der Waals surface area (Å²) in [7, 11) is 0. The zero-order valence-corrected chi connectivity index (χ0v) is 25.8. The molecule has 0 bridgehead atoms. The van der Waals surface area contributed by atoms with Crippen molar-refractivity contribution in [2.45, 2.75) is 0 Å². The van der Waals surface area contributed by atoms with Gasteiger partial charge < -0.3 is 4.57 Å². The monoisotopic (exact) mass is 613 g/mol. The molecule has 48 heavy (non-hydrogen) atoms. The zero-order chi connectivity index (χ0) is 31.6. The topological polar surface area (TPSA) is 48.5 Å². The molecule has 4 heterocycles. The molecule has 0 saturated carbocycles. The normalized spacial score (nSPS) is 11.8. The van der Waals surface area contributed by atoms with Gasteiger partial charge >= 0.3 is 0 Å². The van der Waals surface area contributed by atoms with Gasteiger partial charge in [-0.15, -0.1) is 0 Å². The highest BCUT2D eigenvalue weighted by Crippen LogP contribution is 2.37. The van der Waals surface area contributed by atoms with Gasteiger partial charge in [0.15, 0.2) is 0 Å². The fourth-order valence-corrected chi connectivity index (χ4v) is 7.19. The summed E-state index contributed by atoms with van der Waals surface area (Å²) < 4.78 is 4.45. The Hall–Kier alpha value is -6.59. The van der Waals surface area contributed by atoms with E-state index in [2.05, 4.69) is 137 Å². The van der Waals surface area contributed by atoms with Crippen LogP contribution in [0.2, 0.25) is 0 Å². The summed E-state index contributed by atoms with van der Waals surface area (Å²) in [5.41, 5.74) is 10.4. The number of rotatable bonds is 4. The lowest BCUT2D eigenvalue weighted by Gasteiger charge is -2.11. The summed E-state index contributed by atoms with van der Waals surface area (Å²) in [6.45, 7) is 0. The molecule has 4 aromatic heterocycles. The van der Waals surface area contributed by atoms with Gasteiger partial charge in [-0.3, -0.25) is 4.57 Å². The highest BCUT2D eigenvalue weighted by Gasteiger charge is 2.19. The van der Waals surface area contributed by atoms with Crippen molar-refractivity contribution in [1.82, 2.24) is 24.1 Å². The second-order valence-corrected chi connectivity index (χ2v) is 12.1. The smallest absolute Gasteiger partial charge is 0.237 e. The third-order valence-electron chi connectivity index (χ3n) is 9.37. The number of benzene rings is 6. The van der Waals surface area contributed by atoms with E-state index in [1.54, 1.807) is 0 Å². The molecule has 0 aliphatic heterocycles. The fraction of sp³-hybridized carbons (Fsp3) is 0. The molecule has 0 spiro atoms. The summed E-state index contributed by atoms with van der Waals surface area (Å²) in [4.78, 5) is 15.4. The second kappa shape index (κ2) is 10.5. The first-order valence-electron chi connectivity index (χ1n) is 16.1. The van der Waals surface area contributed by atoms with Crippen LogP contribution in [0.15, 0.2) is 164 Å². The van der Waals surface area contributed by atoms with Gasteiger partial charge in [-0.05, 0) is 54.1 Å². The molecule has 10 aromatic rings. The van der Waals surface area contributed by atoms with E-state index in [-0.39, 0.29) is 0 Å². The molecule has 0 amide bonds. The van der Waals surface area contributed by atoms with Crippen molar-refractivity contribution < 1.29 is 0 Å². The van der Waals surface area contributed by atoms with Crippen LogP contribution in [0, 0.1) is 0 Å². The zero-order valence-electron chi connectivity index (χ0n) is 25.8. The predicted octanol–water partition coefficient (Wildman–Crippen LogP) is 10.6. The van der Waals surface area contributed by atoms with E-state index in [9.17, 15) is 0 Å². The van der Waals surface area contributed by atoms with Gasteiger partial charge in [0.1, 0.15) is 5.65 Å². The Balaban J connectivity index is 1.18. The largest absolute Gasteiger partial charge is 0.309 e. The van der Waals surface area contributed by atoms with Crippen LogP contribution in [0.3, 0.4) is 0 Å². The van der Waals surface area contributed by atoms with Crippen LogP contribution in [0.5, 0.6) is 0 Å². The second-order valence-electron chi connectivity index (χ2n) is 12.1. The van der Waals surface area contributed by atoms with Crippen molar-refractivity contribution in [1.29, 1.82) is 0 Å². The van der Waals surface area contributed by atoms with Crippen molar-refractivity contribution in [2.75, 3.05) is 0 Å². The number of para-hydroxylation sites is 4. The standard InChI is InChI=1S/C43H27N5/c1-3-13-28(14-4-1)41-34-19-7-10-20-37(34)45-43(46-41)48-39-22-12-9-18-33(39)36-26-30(27-44-42(36)48)29-23-24-40-35(25-29)32-17-8-11-21-38(32)47(40)31-15-5-2-6-16-31/h1-27H. The Kier molecular flexibility index (Phi) is 5.81. The molecule has 5 nitrogen and oxygen atoms in total. The maximum absolute atomic E-state index is 5.19. The number of hydrogen-bond acceptors (Lipinski definition) is 3. The van der Waals surface area contributed by atoms with Crippen molar-refractivity contribution in [2.24, 2.45) is 0 Å². The summed E-state index contributed by atoms with van der Waals surface area (Å²) in [6.07, 6.45) is 1.98. The molecule has 0 radical (unpaired) electrons. The predicted molar refractivity (Wildman–Crippen MR) is 197 cm³/mol. The van der Waals surface area contributed by atoms with Crippen molar-refractivity contribution >= 4 is 54.6 Å². The maximum Gasteiger partial charge on any atom is 0.237 e. The molecule has 0 saturated heterocycles. The molecule has 224 valence electrons. The van der Waals surface area contributed by atoms with E-state index >= 15 is 0 Å². The molecule has 0 aliphatic carbocycles. The molecular formula is C43H27N5. The molecule has 0 N–H and O–H groups in total. The quantitative estimate of drug-likeness (QED) is 0.198. The Morgan fingerprint density at radius 3 is 1.79 bits per heavy atom. The third kappa shape index (κ3) is 4.01. The molecule has 0 unspecified atom stereocenters. The van der Waals surface area contributed by atoms with E-state index in [4.69, 9.17) is 15.0 Å². The Morgan fingerprint density at radius 1 is 0.396 bits per heavy atom. The number of fused-ring (bicyclic) bond motifs is 7. The summed E-state index contributed by atoms with van der Waals surface area (Å²) in [5, 5.41) is 5.64. The number of aromatic nitrogens is 5. The molecular weight excluding hydrogens is 587 g/mol. The molecule has 0 atom stereocenters. The van der Waals surface area contributed by atoms with Crippen LogP contribution in [0.1, 0.15) is 0 Å². The summed E-state index contributed by atoms with van der Waals surface area (Å²) >= 11 is 0. The average molecular weight is 614 g/mol. The minimum Gasteiger partial charge on any atom is -0.309 e. The van der Waals surface area contributed by atoms with Crippen LogP contribution in [0.25, 0.3) is 88.7 Å². The molecule has 10 rings (SSSR count). The van der Waals surface area contributed by atoms with Crippen LogP contribution in [-0.4, -0.2) is 24.1 Å². The van der Waals surface area contributed by atoms with Gasteiger partial charge in [0, 0.05) is 49.9 Å². The van der Waals surface area contributed by atoms with Gasteiger partial charge in [-0.1, -0.05) is 109 Å². The van der Waals surface area contributed by atoms with Crippen LogP contribution in [-0.2, 0) is 0 Å². The first-order chi connectivity index (χ1) is 23.8. The van der Waals surface area contributed by atoms with Crippen LogP contribution >= 0.6 is 0 Å². The van der Waals surface area contributed by atoms with Gasteiger partial charge in [0.2, 0.25) is 5.95 Å². The SMILES string of the molecule is c1ccc(-c2nc(-n3c4ccccc4c4cc(-c5ccc6c(c5)c5ccccc5n6-c5ccccc5)cnc43)nc3ccccc23)cc1. The lowest BCUT2D eigenvalue weighted by atomic mass is 10.0. The van der Waals surface area contributed by atoms with Gasteiger partial charge in [-0.2, -0.15) is 0 Å². The van der Waals surface area contributed by atoms with Crippen molar-refractivity contribution in [3.8, 4) is 34.0 Å². The van der Waals surface area contributed by atoms with Gasteiger partial charge in [0.25, 0.3) is 0 Å². The summed E-state index contributed by atoms with van der Waals surface area (Å²) in [6, 6.07) is 55.2. The van der Waals surface area contributed by atoms with Gasteiger partial charge in [0.05, 0.1) is 27.8 Å². The minimum atomic E-state index is 0.606. The molecule has 6 aromatic carbocycles. The average Bonchev–Trinajstić information content (AvgIpc) is 3.67. The molecule has 0 fully saturated rings. The van der Waals surface area contributed by atoms with E-state index in [0.29, 0.717) is 5.95 Å². The Labute approximate surface area is 276 Å². The van der Waals surface area contributed by atoms with E-state index in [0.717, 1.165) is 60.9 Å². The van der Waals surface area contributed by atoms with Crippen LogP contribution < -0.4 is 0 Å². The molecule has 0 aliphatic rings. The Morgan fingerprint density at radius 2 is 1.00 bits per heavy atom. The van der Waals surface area contributed by atoms with Crippen molar-refractivity contribution in [3.63, 3.8) is 0 Å². The third-order valence-corrected chi connectivity index (χ3v) is 9.37. The Bertz CT molecular complexity index is 2830. The minimum absolute atomic E-state index is 0.606. The number of pyridine rings is 1. The highest BCUT2D eigenvalue weighted by molar-refractivity contribution is 6.12. The number of nitrogens with zero attached hydrogens (tertiary/aromatic N) is 5.